The lowest BCUT2D eigenvalue weighted by molar-refractivity contribution is -0.144. The van der Waals surface area contributed by atoms with Crippen LogP contribution in [0.2, 0.25) is 0 Å². The van der Waals surface area contributed by atoms with Crippen LogP contribution in [0.3, 0.4) is 0 Å². The van der Waals surface area contributed by atoms with E-state index in [4.69, 9.17) is 4.74 Å². The number of likely N-dealkylation sites (N-methyl/N-ethyl adjacent to an activating group) is 1. The number of fused-ring (bicyclic) bond motifs is 3. The van der Waals surface area contributed by atoms with E-state index in [0.717, 1.165) is 22.3 Å². The Morgan fingerprint density at radius 1 is 1.03 bits per heavy atom. The number of carboxylic acid groups (broad SMARTS) is 1. The van der Waals surface area contributed by atoms with Crippen molar-refractivity contribution in [3.05, 3.63) is 59.7 Å². The van der Waals surface area contributed by atoms with E-state index in [1.165, 1.54) is 0 Å². The van der Waals surface area contributed by atoms with E-state index in [1.54, 1.807) is 4.90 Å². The van der Waals surface area contributed by atoms with Gasteiger partial charge in [0, 0.05) is 18.0 Å². The molecule has 2 N–H and O–H groups in total. The number of rotatable bonds is 7. The number of amides is 2. The predicted octanol–water partition coefficient (Wildman–Crippen LogP) is 4.02. The van der Waals surface area contributed by atoms with E-state index in [9.17, 15) is 19.5 Å². The summed E-state index contributed by atoms with van der Waals surface area (Å²) in [4.78, 5) is 38.4. The number of nitrogens with one attached hydrogen (secondary N) is 1. The number of benzene rings is 2. The number of alkyl carbamates (subject to hydrolysis) is 1. The van der Waals surface area contributed by atoms with Crippen LogP contribution in [-0.4, -0.2) is 52.7 Å². The van der Waals surface area contributed by atoms with E-state index >= 15 is 0 Å². The third-order valence-corrected chi connectivity index (χ3v) is 5.70. The molecular weight excluding hydrogens is 408 g/mol. The summed E-state index contributed by atoms with van der Waals surface area (Å²) >= 11 is 0. The molecule has 7 heteroatoms. The Balaban J connectivity index is 1.72. The van der Waals surface area contributed by atoms with E-state index < -0.39 is 36.0 Å². The highest BCUT2D eigenvalue weighted by atomic mass is 16.5. The largest absolute Gasteiger partial charge is 0.481 e. The lowest BCUT2D eigenvalue weighted by Gasteiger charge is -2.37. The van der Waals surface area contributed by atoms with Crippen molar-refractivity contribution in [2.75, 3.05) is 13.2 Å². The average molecular weight is 439 g/mol. The van der Waals surface area contributed by atoms with Crippen molar-refractivity contribution >= 4 is 18.0 Å². The number of hydrogen-bond acceptors (Lipinski definition) is 4. The highest BCUT2D eigenvalue weighted by Crippen LogP contribution is 2.44. The van der Waals surface area contributed by atoms with Gasteiger partial charge >= 0.3 is 12.1 Å². The molecule has 0 bridgehead atoms. The molecule has 1 atom stereocenters. The molecule has 7 nitrogen and oxygen atoms in total. The summed E-state index contributed by atoms with van der Waals surface area (Å²) < 4.78 is 5.49. The van der Waals surface area contributed by atoms with Crippen LogP contribution in [0.15, 0.2) is 48.5 Å². The quantitative estimate of drug-likeness (QED) is 0.681. The van der Waals surface area contributed by atoms with Gasteiger partial charge in [0.1, 0.15) is 12.6 Å². The number of aliphatic carboxylic acids is 1. The minimum absolute atomic E-state index is 0.0879. The van der Waals surface area contributed by atoms with Gasteiger partial charge in [0.25, 0.3) is 0 Å². The van der Waals surface area contributed by atoms with E-state index in [2.05, 4.69) is 5.32 Å². The molecule has 170 valence electrons. The molecule has 2 aromatic rings. The van der Waals surface area contributed by atoms with Gasteiger partial charge in [-0.2, -0.15) is 0 Å². The zero-order chi connectivity index (χ0) is 23.5. The second-order valence-electron chi connectivity index (χ2n) is 8.87. The highest BCUT2D eigenvalue weighted by molar-refractivity contribution is 5.89. The number of nitrogens with zero attached hydrogens (tertiary/aromatic N) is 1. The third kappa shape index (κ3) is 4.93. The second-order valence-corrected chi connectivity index (χ2v) is 8.87. The van der Waals surface area contributed by atoms with Crippen molar-refractivity contribution in [1.82, 2.24) is 10.2 Å². The Morgan fingerprint density at radius 3 is 2.03 bits per heavy atom. The first kappa shape index (κ1) is 23.3. The van der Waals surface area contributed by atoms with E-state index in [1.807, 2.05) is 76.2 Å². The Morgan fingerprint density at radius 2 is 1.56 bits per heavy atom. The van der Waals surface area contributed by atoms with E-state index in [0.29, 0.717) is 6.54 Å². The third-order valence-electron chi connectivity index (χ3n) is 5.70. The van der Waals surface area contributed by atoms with Gasteiger partial charge in [0.15, 0.2) is 0 Å². The van der Waals surface area contributed by atoms with Crippen LogP contribution in [0.4, 0.5) is 4.79 Å². The van der Waals surface area contributed by atoms with E-state index in [-0.39, 0.29) is 12.5 Å². The van der Waals surface area contributed by atoms with Gasteiger partial charge in [-0.3, -0.25) is 9.59 Å². The van der Waals surface area contributed by atoms with Crippen LogP contribution in [0.25, 0.3) is 11.1 Å². The fourth-order valence-corrected chi connectivity index (χ4v) is 4.31. The number of carbonyl (C=O) groups is 3. The van der Waals surface area contributed by atoms with Crippen LogP contribution in [-0.2, 0) is 14.3 Å². The van der Waals surface area contributed by atoms with Gasteiger partial charge in [-0.05, 0) is 49.9 Å². The first-order chi connectivity index (χ1) is 15.1. The molecule has 0 saturated heterocycles. The molecule has 0 spiro atoms. The Kier molecular flexibility index (Phi) is 6.87. The van der Waals surface area contributed by atoms with Gasteiger partial charge in [-0.1, -0.05) is 48.5 Å². The van der Waals surface area contributed by atoms with Crippen LogP contribution in [0.1, 0.15) is 51.2 Å². The van der Waals surface area contributed by atoms with Gasteiger partial charge in [-0.15, -0.1) is 0 Å². The molecule has 1 unspecified atom stereocenters. The normalized spacial score (nSPS) is 13.6. The molecule has 0 radical (unpaired) electrons. The standard InChI is InChI=1S/C25H30N2O5/c1-5-27(25(2,3)4)23(30)21(14-22(28)29)26-24(31)32-15-20-18-12-8-6-10-16(18)17-11-7-9-13-19(17)20/h6-13,20-21H,5,14-15H2,1-4H3,(H,26,31)(H,28,29). The van der Waals surface area contributed by atoms with Gasteiger partial charge in [-0.25, -0.2) is 4.79 Å². The molecule has 0 fully saturated rings. The molecule has 0 aromatic heterocycles. The van der Waals surface area contributed by atoms with Crippen molar-refractivity contribution in [3.8, 4) is 11.1 Å². The average Bonchev–Trinajstić information content (AvgIpc) is 3.05. The molecule has 0 heterocycles. The van der Waals surface area contributed by atoms with Gasteiger partial charge in [0.05, 0.1) is 6.42 Å². The second kappa shape index (κ2) is 9.42. The van der Waals surface area contributed by atoms with Crippen molar-refractivity contribution < 1.29 is 24.2 Å². The summed E-state index contributed by atoms with van der Waals surface area (Å²) in [6.07, 6.45) is -1.33. The van der Waals surface area contributed by atoms with Gasteiger partial charge < -0.3 is 20.1 Å². The van der Waals surface area contributed by atoms with Crippen LogP contribution in [0, 0.1) is 0 Å². The SMILES string of the molecule is CCN(C(=O)C(CC(=O)O)NC(=O)OCC1c2ccccc2-c2ccccc21)C(C)(C)C. The predicted molar refractivity (Wildman–Crippen MR) is 121 cm³/mol. The summed E-state index contributed by atoms with van der Waals surface area (Å²) in [5, 5.41) is 11.7. The molecule has 32 heavy (non-hydrogen) atoms. The van der Waals surface area contributed by atoms with Crippen LogP contribution >= 0.6 is 0 Å². The van der Waals surface area contributed by atoms with Gasteiger partial charge in [0.2, 0.25) is 5.91 Å². The number of hydrogen-bond donors (Lipinski definition) is 2. The first-order valence-electron chi connectivity index (χ1n) is 10.8. The zero-order valence-electron chi connectivity index (χ0n) is 18.9. The topological polar surface area (TPSA) is 95.9 Å². The molecule has 3 rings (SSSR count). The minimum atomic E-state index is -1.21. The Bertz CT molecular complexity index is 966. The number of ether oxygens (including phenoxy) is 1. The summed E-state index contributed by atoms with van der Waals surface area (Å²) in [5.74, 6) is -1.74. The Hall–Kier alpha value is -3.35. The first-order valence-corrected chi connectivity index (χ1v) is 10.8. The number of carbonyl (C=O) groups excluding carboxylic acids is 2. The molecule has 2 amide bonds. The van der Waals surface area contributed by atoms with Crippen molar-refractivity contribution in [2.24, 2.45) is 0 Å². The summed E-state index contributed by atoms with van der Waals surface area (Å²) in [5.41, 5.74) is 3.86. The number of carboxylic acids is 1. The highest BCUT2D eigenvalue weighted by Gasteiger charge is 2.34. The lowest BCUT2D eigenvalue weighted by Crippen LogP contribution is -2.55. The molecule has 0 aliphatic heterocycles. The lowest BCUT2D eigenvalue weighted by atomic mass is 9.98. The smallest absolute Gasteiger partial charge is 0.407 e. The fourth-order valence-electron chi connectivity index (χ4n) is 4.31. The molecule has 0 saturated carbocycles. The maximum Gasteiger partial charge on any atom is 0.407 e. The fraction of sp³-hybridized carbons (Fsp3) is 0.400. The van der Waals surface area contributed by atoms with Crippen molar-refractivity contribution in [3.63, 3.8) is 0 Å². The van der Waals surface area contributed by atoms with Crippen LogP contribution < -0.4 is 5.32 Å². The van der Waals surface area contributed by atoms with Crippen molar-refractivity contribution in [2.45, 2.75) is 51.6 Å². The molecular formula is C25H30N2O5. The molecule has 1 aliphatic rings. The minimum Gasteiger partial charge on any atom is -0.481 e. The summed E-state index contributed by atoms with van der Waals surface area (Å²) in [7, 11) is 0. The van der Waals surface area contributed by atoms with Crippen LogP contribution in [0.5, 0.6) is 0 Å². The molecule has 1 aliphatic carbocycles. The van der Waals surface area contributed by atoms with Crippen molar-refractivity contribution in [1.29, 1.82) is 0 Å². The Labute approximate surface area is 188 Å². The maximum absolute atomic E-state index is 13.0. The molecule has 2 aromatic carbocycles. The zero-order valence-corrected chi connectivity index (χ0v) is 18.9. The summed E-state index contributed by atoms with van der Waals surface area (Å²) in [6, 6.07) is 14.8. The summed E-state index contributed by atoms with van der Waals surface area (Å²) in [6.45, 7) is 7.88. The maximum atomic E-state index is 13.0. The monoisotopic (exact) mass is 438 g/mol.